The summed E-state index contributed by atoms with van der Waals surface area (Å²) >= 11 is 0. The lowest BCUT2D eigenvalue weighted by Gasteiger charge is -2.08. The van der Waals surface area contributed by atoms with Gasteiger partial charge in [-0.25, -0.2) is 0 Å². The van der Waals surface area contributed by atoms with Crippen LogP contribution in [0.25, 0.3) is 0 Å². The van der Waals surface area contributed by atoms with Gasteiger partial charge in [0.15, 0.2) is 0 Å². The highest BCUT2D eigenvalue weighted by Gasteiger charge is 2.22. The normalized spacial score (nSPS) is 9.94. The number of nitriles is 1. The van der Waals surface area contributed by atoms with E-state index in [2.05, 4.69) is 4.74 Å². The molecule has 0 aliphatic carbocycles. The van der Waals surface area contributed by atoms with Crippen molar-refractivity contribution in [3.8, 4) is 11.8 Å². The molecule has 5 nitrogen and oxygen atoms in total. The van der Waals surface area contributed by atoms with E-state index >= 15 is 0 Å². The molecular weight excluding hydrogens is 222 g/mol. The number of nitro benzene ring substituents is 1. The van der Waals surface area contributed by atoms with Gasteiger partial charge in [0.1, 0.15) is 17.4 Å². The van der Waals surface area contributed by atoms with Crippen molar-refractivity contribution in [2.75, 3.05) is 0 Å². The van der Waals surface area contributed by atoms with Gasteiger partial charge in [0.05, 0.1) is 10.5 Å². The van der Waals surface area contributed by atoms with E-state index in [0.29, 0.717) is 0 Å². The van der Waals surface area contributed by atoms with Crippen LogP contribution in [0.4, 0.5) is 14.5 Å². The van der Waals surface area contributed by atoms with Gasteiger partial charge in [0.2, 0.25) is 0 Å². The molecule has 0 radical (unpaired) electrons. The van der Waals surface area contributed by atoms with E-state index in [1.807, 2.05) is 0 Å². The van der Waals surface area contributed by atoms with Gasteiger partial charge in [0.25, 0.3) is 5.69 Å². The minimum absolute atomic E-state index is 0.0932. The summed E-state index contributed by atoms with van der Waals surface area (Å²) in [5, 5.41) is 19.3. The average molecular weight is 228 g/mol. The van der Waals surface area contributed by atoms with Crippen LogP contribution < -0.4 is 4.74 Å². The smallest absolute Gasteiger partial charge is 0.387 e. The number of hydrogen-bond acceptors (Lipinski definition) is 4. The lowest BCUT2D eigenvalue weighted by Crippen LogP contribution is -2.05. The Morgan fingerprint density at radius 3 is 2.62 bits per heavy atom. The fraction of sp³-hybridized carbons (Fsp3) is 0.222. The maximum Gasteiger partial charge on any atom is 0.387 e. The van der Waals surface area contributed by atoms with Gasteiger partial charge in [-0.1, -0.05) is 0 Å². The Kier molecular flexibility index (Phi) is 3.35. The molecule has 0 amide bonds. The number of rotatable bonds is 3. The second-order valence-electron chi connectivity index (χ2n) is 2.83. The zero-order chi connectivity index (χ0) is 12.3. The number of halogens is 2. The fourth-order valence-corrected chi connectivity index (χ4v) is 1.23. The van der Waals surface area contributed by atoms with Gasteiger partial charge < -0.3 is 4.74 Å². The first-order chi connectivity index (χ1) is 7.47. The molecule has 0 fully saturated rings. The molecule has 7 heteroatoms. The van der Waals surface area contributed by atoms with Crippen LogP contribution in [0, 0.1) is 28.4 Å². The van der Waals surface area contributed by atoms with Crippen molar-refractivity contribution < 1.29 is 18.4 Å². The maximum atomic E-state index is 12.0. The predicted molar refractivity (Wildman–Crippen MR) is 49.2 cm³/mol. The summed E-state index contributed by atoms with van der Waals surface area (Å²) in [5.74, 6) is -0.305. The van der Waals surface area contributed by atoms with E-state index in [-0.39, 0.29) is 16.9 Å². The van der Waals surface area contributed by atoms with Crippen molar-refractivity contribution in [3.05, 3.63) is 33.4 Å². The van der Waals surface area contributed by atoms with Crippen LogP contribution in [0.15, 0.2) is 12.1 Å². The van der Waals surface area contributed by atoms with Crippen molar-refractivity contribution in [3.63, 3.8) is 0 Å². The highest BCUT2D eigenvalue weighted by atomic mass is 19.3. The lowest BCUT2D eigenvalue weighted by molar-refractivity contribution is -0.385. The minimum Gasteiger partial charge on any atom is -0.434 e. The quantitative estimate of drug-likeness (QED) is 0.587. The van der Waals surface area contributed by atoms with Gasteiger partial charge in [-0.05, 0) is 19.1 Å². The zero-order valence-electron chi connectivity index (χ0n) is 8.11. The highest BCUT2D eigenvalue weighted by Crippen LogP contribution is 2.31. The third kappa shape index (κ3) is 2.23. The topological polar surface area (TPSA) is 76.2 Å². The molecule has 0 saturated heterocycles. The number of ether oxygens (including phenoxy) is 1. The summed E-state index contributed by atoms with van der Waals surface area (Å²) in [6, 6.07) is 3.79. The summed E-state index contributed by atoms with van der Waals surface area (Å²) in [5.41, 5.74) is -0.797. The van der Waals surface area contributed by atoms with Crippen molar-refractivity contribution in [2.45, 2.75) is 13.5 Å². The minimum atomic E-state index is -3.06. The second kappa shape index (κ2) is 4.53. The third-order valence-electron chi connectivity index (χ3n) is 1.90. The average Bonchev–Trinajstić information content (AvgIpc) is 2.19. The Balaban J connectivity index is 3.33. The largest absolute Gasteiger partial charge is 0.434 e. The zero-order valence-corrected chi connectivity index (χ0v) is 8.11. The molecule has 0 aliphatic rings. The van der Waals surface area contributed by atoms with E-state index in [1.165, 1.54) is 6.92 Å². The van der Waals surface area contributed by atoms with Crippen LogP contribution in [-0.4, -0.2) is 11.5 Å². The first-order valence-electron chi connectivity index (χ1n) is 4.10. The third-order valence-corrected chi connectivity index (χ3v) is 1.90. The summed E-state index contributed by atoms with van der Waals surface area (Å²) < 4.78 is 28.0. The van der Waals surface area contributed by atoms with E-state index in [1.54, 1.807) is 6.07 Å². The molecule has 0 N–H and O–H groups in total. The molecular formula is C9H6F2N2O3. The van der Waals surface area contributed by atoms with Gasteiger partial charge in [-0.2, -0.15) is 14.0 Å². The van der Waals surface area contributed by atoms with Gasteiger partial charge in [0, 0.05) is 0 Å². The van der Waals surface area contributed by atoms with E-state index in [9.17, 15) is 18.9 Å². The van der Waals surface area contributed by atoms with E-state index < -0.39 is 17.2 Å². The molecule has 0 unspecified atom stereocenters. The molecule has 0 spiro atoms. The fourth-order valence-electron chi connectivity index (χ4n) is 1.23. The standard InChI is InChI=1S/C9H6F2N2O3/c1-5-7(16-9(10)11)3-2-6(4-12)8(5)13(14)15/h2-3,9H,1H3. The van der Waals surface area contributed by atoms with Crippen LogP contribution in [0.5, 0.6) is 5.75 Å². The molecule has 0 atom stereocenters. The Labute approximate surface area is 89.0 Å². The monoisotopic (exact) mass is 228 g/mol. The highest BCUT2D eigenvalue weighted by molar-refractivity contribution is 5.58. The maximum absolute atomic E-state index is 12.0. The van der Waals surface area contributed by atoms with Crippen LogP contribution in [-0.2, 0) is 0 Å². The first kappa shape index (κ1) is 11.8. The summed E-state index contributed by atoms with van der Waals surface area (Å²) in [6.45, 7) is -1.82. The predicted octanol–water partition coefficient (Wildman–Crippen LogP) is 2.38. The molecule has 0 heterocycles. The van der Waals surface area contributed by atoms with Crippen LogP contribution in [0.2, 0.25) is 0 Å². The molecule has 0 aliphatic heterocycles. The second-order valence-corrected chi connectivity index (χ2v) is 2.83. The van der Waals surface area contributed by atoms with Crippen LogP contribution in [0.1, 0.15) is 11.1 Å². The van der Waals surface area contributed by atoms with Crippen LogP contribution in [0.3, 0.4) is 0 Å². The summed E-state index contributed by atoms with van der Waals surface area (Å²) in [6.07, 6.45) is 0. The first-order valence-corrected chi connectivity index (χ1v) is 4.10. The van der Waals surface area contributed by atoms with Crippen molar-refractivity contribution in [1.29, 1.82) is 5.26 Å². The molecule has 0 saturated carbocycles. The molecule has 84 valence electrons. The van der Waals surface area contributed by atoms with Gasteiger partial charge in [-0.15, -0.1) is 0 Å². The number of benzene rings is 1. The molecule has 1 rings (SSSR count). The molecule has 0 bridgehead atoms. The van der Waals surface area contributed by atoms with E-state index in [4.69, 9.17) is 5.26 Å². The van der Waals surface area contributed by atoms with Crippen molar-refractivity contribution in [1.82, 2.24) is 0 Å². The van der Waals surface area contributed by atoms with Crippen molar-refractivity contribution in [2.24, 2.45) is 0 Å². The summed E-state index contributed by atoms with van der Waals surface area (Å²) in [4.78, 5) is 9.85. The van der Waals surface area contributed by atoms with E-state index in [0.717, 1.165) is 12.1 Å². The van der Waals surface area contributed by atoms with Crippen LogP contribution >= 0.6 is 0 Å². The lowest BCUT2D eigenvalue weighted by atomic mass is 10.1. The Bertz CT molecular complexity index is 469. The van der Waals surface area contributed by atoms with Gasteiger partial charge >= 0.3 is 6.61 Å². The summed E-state index contributed by atoms with van der Waals surface area (Å²) in [7, 11) is 0. The number of alkyl halides is 2. The SMILES string of the molecule is Cc1c(OC(F)F)ccc(C#N)c1[N+](=O)[O-]. The van der Waals surface area contributed by atoms with Gasteiger partial charge in [-0.3, -0.25) is 10.1 Å². The molecule has 1 aromatic rings. The number of nitro groups is 1. The molecule has 0 aromatic heterocycles. The Hall–Kier alpha value is -2.23. The van der Waals surface area contributed by atoms with Crippen molar-refractivity contribution >= 4 is 5.69 Å². The Morgan fingerprint density at radius 2 is 2.19 bits per heavy atom. The number of nitrogens with zero attached hydrogens (tertiary/aromatic N) is 2. The Morgan fingerprint density at radius 1 is 1.56 bits per heavy atom. The number of hydrogen-bond donors (Lipinski definition) is 0. The molecule has 16 heavy (non-hydrogen) atoms. The molecule has 1 aromatic carbocycles.